The Kier molecular flexibility index (Phi) is 6.51. The van der Waals surface area contributed by atoms with Crippen LogP contribution in [0.4, 0.5) is 0 Å². The van der Waals surface area contributed by atoms with Crippen molar-refractivity contribution in [2.45, 2.75) is 32.2 Å². The first-order valence-corrected chi connectivity index (χ1v) is 15.0. The first-order chi connectivity index (χ1) is 15.7. The monoisotopic (exact) mass is 529 g/mol. The van der Waals surface area contributed by atoms with Crippen molar-refractivity contribution in [3.05, 3.63) is 68.0 Å². The molecule has 2 amide bonds. The van der Waals surface area contributed by atoms with Gasteiger partial charge in [0.15, 0.2) is 6.79 Å². The number of fused-ring (bicyclic) bond motifs is 2. The maximum atomic E-state index is 12.8. The molecule has 33 heavy (non-hydrogen) atoms. The molecule has 2 aromatic carbocycles. The first-order valence-electron chi connectivity index (χ1n) is 10.5. The van der Waals surface area contributed by atoms with Crippen LogP contribution in [0.5, 0.6) is 5.75 Å². The predicted molar refractivity (Wildman–Crippen MR) is 130 cm³/mol. The van der Waals surface area contributed by atoms with Crippen molar-refractivity contribution in [3.63, 3.8) is 0 Å². The SMILES string of the molecule is C[Si](C)(C)CCOCOc1cc(Br)cc2c(CN3C(=O)c4ccccc4C3=O)n[nH]c(=O)c12. The van der Waals surface area contributed by atoms with E-state index in [2.05, 4.69) is 45.8 Å². The summed E-state index contributed by atoms with van der Waals surface area (Å²) in [6.07, 6.45) is 0. The summed E-state index contributed by atoms with van der Waals surface area (Å²) in [5.41, 5.74) is 0.666. The van der Waals surface area contributed by atoms with E-state index in [0.717, 1.165) is 10.9 Å². The fraction of sp³-hybridized carbons (Fsp3) is 0.304. The van der Waals surface area contributed by atoms with E-state index in [9.17, 15) is 14.4 Å². The lowest BCUT2D eigenvalue weighted by Crippen LogP contribution is -2.30. The lowest BCUT2D eigenvalue weighted by atomic mass is 10.1. The molecule has 0 bridgehead atoms. The molecule has 0 atom stereocenters. The second kappa shape index (κ2) is 9.20. The van der Waals surface area contributed by atoms with Gasteiger partial charge in [-0.15, -0.1) is 0 Å². The van der Waals surface area contributed by atoms with Gasteiger partial charge in [-0.05, 0) is 30.3 Å². The molecule has 3 aromatic rings. The maximum Gasteiger partial charge on any atom is 0.275 e. The largest absolute Gasteiger partial charge is 0.467 e. The number of aromatic nitrogens is 2. The fourth-order valence-electron chi connectivity index (χ4n) is 3.59. The van der Waals surface area contributed by atoms with Gasteiger partial charge in [0, 0.05) is 24.5 Å². The summed E-state index contributed by atoms with van der Waals surface area (Å²) in [7, 11) is -1.22. The number of H-pyrrole nitrogens is 1. The van der Waals surface area contributed by atoms with Crippen LogP contribution in [0.1, 0.15) is 26.4 Å². The molecule has 1 N–H and O–H groups in total. The van der Waals surface area contributed by atoms with Gasteiger partial charge in [0.25, 0.3) is 17.4 Å². The van der Waals surface area contributed by atoms with Gasteiger partial charge in [-0.25, -0.2) is 5.10 Å². The molecule has 10 heteroatoms. The van der Waals surface area contributed by atoms with Crippen molar-refractivity contribution in [3.8, 4) is 5.75 Å². The predicted octanol–water partition coefficient (Wildman–Crippen LogP) is 4.17. The molecule has 4 rings (SSSR count). The average molecular weight is 530 g/mol. The van der Waals surface area contributed by atoms with Gasteiger partial charge in [0.1, 0.15) is 5.75 Å². The third-order valence-electron chi connectivity index (χ3n) is 5.38. The van der Waals surface area contributed by atoms with Crippen LogP contribution in [0.2, 0.25) is 25.7 Å². The van der Waals surface area contributed by atoms with Gasteiger partial charge in [0.2, 0.25) is 0 Å². The highest BCUT2D eigenvalue weighted by molar-refractivity contribution is 9.10. The molecule has 1 aliphatic heterocycles. The highest BCUT2D eigenvalue weighted by Crippen LogP contribution is 2.31. The van der Waals surface area contributed by atoms with Crippen LogP contribution in [0.3, 0.4) is 0 Å². The van der Waals surface area contributed by atoms with Crippen molar-refractivity contribution < 1.29 is 19.1 Å². The number of carbonyl (C=O) groups is 2. The Balaban J connectivity index is 1.61. The summed E-state index contributed by atoms with van der Waals surface area (Å²) < 4.78 is 12.1. The molecule has 8 nitrogen and oxygen atoms in total. The number of aromatic amines is 1. The maximum absolute atomic E-state index is 12.8. The second-order valence-corrected chi connectivity index (χ2v) is 15.6. The van der Waals surface area contributed by atoms with E-state index in [0.29, 0.717) is 39.0 Å². The van der Waals surface area contributed by atoms with E-state index in [1.165, 1.54) is 0 Å². The Labute approximate surface area is 200 Å². The van der Waals surface area contributed by atoms with Crippen molar-refractivity contribution in [2.24, 2.45) is 0 Å². The Morgan fingerprint density at radius 3 is 2.36 bits per heavy atom. The number of carbonyl (C=O) groups excluding carboxylic acids is 2. The van der Waals surface area contributed by atoms with Crippen molar-refractivity contribution in [2.75, 3.05) is 13.4 Å². The van der Waals surface area contributed by atoms with E-state index in [4.69, 9.17) is 9.47 Å². The minimum atomic E-state index is -1.22. The van der Waals surface area contributed by atoms with Gasteiger partial charge in [-0.2, -0.15) is 5.10 Å². The van der Waals surface area contributed by atoms with Crippen LogP contribution in [0, 0.1) is 0 Å². The van der Waals surface area contributed by atoms with Crippen LogP contribution in [0.25, 0.3) is 10.8 Å². The molecule has 1 aromatic heterocycles. The van der Waals surface area contributed by atoms with E-state index in [-0.39, 0.29) is 30.5 Å². The number of imide groups is 1. The second-order valence-electron chi connectivity index (χ2n) is 9.05. The number of nitrogens with one attached hydrogen (secondary N) is 1. The van der Waals surface area contributed by atoms with E-state index < -0.39 is 13.6 Å². The average Bonchev–Trinajstić information content (AvgIpc) is 2.99. The number of rotatable bonds is 8. The smallest absolute Gasteiger partial charge is 0.275 e. The lowest BCUT2D eigenvalue weighted by Gasteiger charge is -2.17. The van der Waals surface area contributed by atoms with Crippen LogP contribution in [0.15, 0.2) is 45.7 Å². The number of hydrogen-bond donors (Lipinski definition) is 1. The Hall–Kier alpha value is -2.82. The topological polar surface area (TPSA) is 102 Å². The van der Waals surface area contributed by atoms with Gasteiger partial charge in [0.05, 0.1) is 28.8 Å². The number of benzene rings is 2. The zero-order chi connectivity index (χ0) is 23.8. The van der Waals surface area contributed by atoms with Gasteiger partial charge in [-0.1, -0.05) is 47.7 Å². The molecular weight excluding hydrogens is 506 g/mol. The zero-order valence-electron chi connectivity index (χ0n) is 18.6. The van der Waals surface area contributed by atoms with Crippen LogP contribution < -0.4 is 10.3 Å². The Bertz CT molecular complexity index is 1270. The van der Waals surface area contributed by atoms with Crippen LogP contribution >= 0.6 is 15.9 Å². The van der Waals surface area contributed by atoms with E-state index in [1.807, 2.05) is 0 Å². The Morgan fingerprint density at radius 1 is 1.06 bits per heavy atom. The van der Waals surface area contributed by atoms with Crippen LogP contribution in [-0.4, -0.2) is 48.4 Å². The van der Waals surface area contributed by atoms with Crippen molar-refractivity contribution in [1.29, 1.82) is 0 Å². The normalized spacial score (nSPS) is 13.6. The summed E-state index contributed by atoms with van der Waals surface area (Å²) in [4.78, 5) is 39.3. The third-order valence-corrected chi connectivity index (χ3v) is 7.54. The molecule has 1 aliphatic rings. The third kappa shape index (κ3) is 4.92. The summed E-state index contributed by atoms with van der Waals surface area (Å²) in [5.74, 6) is -0.447. The quantitative estimate of drug-likeness (QED) is 0.203. The van der Waals surface area contributed by atoms with Crippen LogP contribution in [-0.2, 0) is 11.3 Å². The van der Waals surface area contributed by atoms with Gasteiger partial charge >= 0.3 is 0 Å². The zero-order valence-corrected chi connectivity index (χ0v) is 21.2. The number of ether oxygens (including phenoxy) is 2. The number of nitrogens with zero attached hydrogens (tertiary/aromatic N) is 2. The minimum absolute atomic E-state index is 0.00549. The summed E-state index contributed by atoms with van der Waals surface area (Å²) in [6.45, 7) is 7.31. The first kappa shape index (κ1) is 23.3. The molecule has 0 aliphatic carbocycles. The lowest BCUT2D eigenvalue weighted by molar-refractivity contribution is 0.0229. The molecule has 0 radical (unpaired) electrons. The molecule has 0 spiro atoms. The molecule has 0 fully saturated rings. The van der Waals surface area contributed by atoms with Gasteiger partial charge < -0.3 is 9.47 Å². The number of hydrogen-bond acceptors (Lipinski definition) is 6. The van der Waals surface area contributed by atoms with Gasteiger partial charge in [-0.3, -0.25) is 19.3 Å². The molecular formula is C23H24BrN3O5Si. The number of amides is 2. The molecule has 0 saturated heterocycles. The Morgan fingerprint density at radius 2 is 1.73 bits per heavy atom. The summed E-state index contributed by atoms with van der Waals surface area (Å²) in [6, 6.07) is 11.1. The highest BCUT2D eigenvalue weighted by atomic mass is 79.9. The van der Waals surface area contributed by atoms with E-state index >= 15 is 0 Å². The van der Waals surface area contributed by atoms with Crippen molar-refractivity contribution in [1.82, 2.24) is 15.1 Å². The molecule has 0 unspecified atom stereocenters. The van der Waals surface area contributed by atoms with E-state index in [1.54, 1.807) is 36.4 Å². The number of halogens is 1. The molecule has 172 valence electrons. The summed E-state index contributed by atoms with van der Waals surface area (Å²) in [5, 5.41) is 7.37. The molecule has 2 heterocycles. The highest BCUT2D eigenvalue weighted by Gasteiger charge is 2.35. The van der Waals surface area contributed by atoms with Crippen molar-refractivity contribution >= 4 is 46.6 Å². The minimum Gasteiger partial charge on any atom is -0.467 e. The fourth-order valence-corrected chi connectivity index (χ4v) is 4.78. The summed E-state index contributed by atoms with van der Waals surface area (Å²) >= 11 is 3.45. The molecule has 0 saturated carbocycles. The standard InChI is InChI=1S/C23H24BrN3O5Si/c1-33(2,3)9-8-31-13-32-19-11-14(24)10-17-18(25-26-21(28)20(17)19)12-27-22(29)15-6-4-5-7-16(15)23(27)30/h4-7,10-11H,8-9,12-13H2,1-3H3,(H,26,28).